The van der Waals surface area contributed by atoms with Crippen molar-refractivity contribution in [1.29, 1.82) is 0 Å². The molecule has 0 atom stereocenters. The van der Waals surface area contributed by atoms with Gasteiger partial charge in [-0.3, -0.25) is 4.79 Å². The average Bonchev–Trinajstić information content (AvgIpc) is 2.20. The molecule has 15 heavy (non-hydrogen) atoms. The van der Waals surface area contributed by atoms with E-state index < -0.39 is 5.82 Å². The van der Waals surface area contributed by atoms with Gasteiger partial charge in [0.05, 0.1) is 5.02 Å². The second kappa shape index (κ2) is 5.83. The minimum Gasteiger partial charge on any atom is -0.396 e. The SMILES string of the molecule is O=C(CCCO)Cc1ccc(F)c(Cl)c1. The van der Waals surface area contributed by atoms with Crippen molar-refractivity contribution in [1.82, 2.24) is 0 Å². The van der Waals surface area contributed by atoms with Crippen LogP contribution in [0.1, 0.15) is 18.4 Å². The fourth-order valence-electron chi connectivity index (χ4n) is 1.24. The van der Waals surface area contributed by atoms with E-state index in [-0.39, 0.29) is 23.8 Å². The van der Waals surface area contributed by atoms with E-state index in [1.165, 1.54) is 18.2 Å². The number of Topliss-reactive ketones (excluding diaryl/α,β-unsaturated/α-hetero) is 1. The molecule has 0 fully saturated rings. The summed E-state index contributed by atoms with van der Waals surface area (Å²) >= 11 is 5.58. The van der Waals surface area contributed by atoms with E-state index in [0.717, 1.165) is 0 Å². The summed E-state index contributed by atoms with van der Waals surface area (Å²) < 4.78 is 12.8. The highest BCUT2D eigenvalue weighted by atomic mass is 35.5. The van der Waals surface area contributed by atoms with Gasteiger partial charge in [-0.25, -0.2) is 4.39 Å². The monoisotopic (exact) mass is 230 g/mol. The molecule has 0 saturated heterocycles. The van der Waals surface area contributed by atoms with E-state index in [9.17, 15) is 9.18 Å². The molecule has 82 valence electrons. The average molecular weight is 231 g/mol. The van der Waals surface area contributed by atoms with Crippen molar-refractivity contribution in [3.05, 3.63) is 34.6 Å². The van der Waals surface area contributed by atoms with E-state index in [1.54, 1.807) is 0 Å². The zero-order valence-corrected chi connectivity index (χ0v) is 8.93. The molecule has 0 saturated carbocycles. The van der Waals surface area contributed by atoms with E-state index >= 15 is 0 Å². The predicted molar refractivity (Wildman–Crippen MR) is 56.4 cm³/mol. The van der Waals surface area contributed by atoms with Gasteiger partial charge in [0.2, 0.25) is 0 Å². The van der Waals surface area contributed by atoms with Crippen LogP contribution in [0.25, 0.3) is 0 Å². The van der Waals surface area contributed by atoms with E-state index in [4.69, 9.17) is 16.7 Å². The van der Waals surface area contributed by atoms with Crippen LogP contribution in [-0.2, 0) is 11.2 Å². The third kappa shape index (κ3) is 3.98. The molecule has 0 unspecified atom stereocenters. The Hall–Kier alpha value is -0.930. The van der Waals surface area contributed by atoms with Crippen molar-refractivity contribution in [2.75, 3.05) is 6.61 Å². The van der Waals surface area contributed by atoms with Crippen molar-refractivity contribution in [2.24, 2.45) is 0 Å². The van der Waals surface area contributed by atoms with Gasteiger partial charge in [-0.1, -0.05) is 17.7 Å². The fourth-order valence-corrected chi connectivity index (χ4v) is 1.45. The lowest BCUT2D eigenvalue weighted by atomic mass is 10.1. The van der Waals surface area contributed by atoms with Crippen LogP contribution in [0.3, 0.4) is 0 Å². The molecule has 0 aliphatic rings. The summed E-state index contributed by atoms with van der Waals surface area (Å²) in [5, 5.41) is 8.57. The van der Waals surface area contributed by atoms with Gasteiger partial charge in [0.25, 0.3) is 0 Å². The zero-order chi connectivity index (χ0) is 11.3. The molecule has 0 radical (unpaired) electrons. The first-order valence-electron chi connectivity index (χ1n) is 4.70. The van der Waals surface area contributed by atoms with Gasteiger partial charge in [0.1, 0.15) is 11.6 Å². The molecule has 0 amide bonds. The summed E-state index contributed by atoms with van der Waals surface area (Å²) in [4.78, 5) is 11.3. The summed E-state index contributed by atoms with van der Waals surface area (Å²) in [7, 11) is 0. The normalized spacial score (nSPS) is 10.3. The van der Waals surface area contributed by atoms with Gasteiger partial charge >= 0.3 is 0 Å². The number of hydrogen-bond acceptors (Lipinski definition) is 2. The van der Waals surface area contributed by atoms with Crippen LogP contribution in [0.2, 0.25) is 5.02 Å². The van der Waals surface area contributed by atoms with Crippen LogP contribution < -0.4 is 0 Å². The van der Waals surface area contributed by atoms with E-state index in [0.29, 0.717) is 18.4 Å². The fraction of sp³-hybridized carbons (Fsp3) is 0.364. The third-order valence-corrected chi connectivity index (χ3v) is 2.29. The van der Waals surface area contributed by atoms with Crippen molar-refractivity contribution in [3.63, 3.8) is 0 Å². The molecular weight excluding hydrogens is 219 g/mol. The van der Waals surface area contributed by atoms with Crippen molar-refractivity contribution >= 4 is 17.4 Å². The lowest BCUT2D eigenvalue weighted by molar-refractivity contribution is -0.118. The van der Waals surface area contributed by atoms with Crippen LogP contribution in [0.15, 0.2) is 18.2 Å². The van der Waals surface area contributed by atoms with Crippen molar-refractivity contribution in [3.8, 4) is 0 Å². The smallest absolute Gasteiger partial charge is 0.141 e. The Morgan fingerprint density at radius 3 is 2.80 bits per heavy atom. The minimum atomic E-state index is -0.483. The number of aliphatic hydroxyl groups excluding tert-OH is 1. The molecule has 0 bridgehead atoms. The molecule has 1 aromatic rings. The summed E-state index contributed by atoms with van der Waals surface area (Å²) in [6, 6.07) is 4.24. The number of aliphatic hydroxyl groups is 1. The van der Waals surface area contributed by atoms with Crippen molar-refractivity contribution < 1.29 is 14.3 Å². The van der Waals surface area contributed by atoms with Crippen LogP contribution in [-0.4, -0.2) is 17.5 Å². The van der Waals surface area contributed by atoms with Crippen LogP contribution >= 0.6 is 11.6 Å². The number of halogens is 2. The highest BCUT2D eigenvalue weighted by molar-refractivity contribution is 6.30. The molecule has 0 aliphatic heterocycles. The molecule has 1 N–H and O–H groups in total. The second-order valence-electron chi connectivity index (χ2n) is 3.29. The Labute approximate surface area is 92.7 Å². The van der Waals surface area contributed by atoms with Gasteiger partial charge < -0.3 is 5.11 Å². The molecule has 2 nitrogen and oxygen atoms in total. The maximum absolute atomic E-state index is 12.8. The predicted octanol–water partition coefficient (Wildman–Crippen LogP) is 2.36. The third-order valence-electron chi connectivity index (χ3n) is 2.00. The second-order valence-corrected chi connectivity index (χ2v) is 3.70. The van der Waals surface area contributed by atoms with E-state index in [2.05, 4.69) is 0 Å². The largest absolute Gasteiger partial charge is 0.396 e. The number of carbonyl (C=O) groups is 1. The summed E-state index contributed by atoms with van der Waals surface area (Å²) in [6.45, 7) is 0.00984. The molecule has 1 aromatic carbocycles. The number of rotatable bonds is 5. The van der Waals surface area contributed by atoms with Crippen molar-refractivity contribution in [2.45, 2.75) is 19.3 Å². The standard InChI is InChI=1S/C11H12ClFO2/c12-10-7-8(3-4-11(10)13)6-9(15)2-1-5-14/h3-4,7,14H,1-2,5-6H2. The molecule has 1 rings (SSSR count). The molecule has 0 spiro atoms. The Kier molecular flexibility index (Phi) is 4.72. The van der Waals surface area contributed by atoms with E-state index in [1.807, 2.05) is 0 Å². The van der Waals surface area contributed by atoms with Crippen LogP contribution in [0, 0.1) is 5.82 Å². The van der Waals surface area contributed by atoms with Gasteiger partial charge in [0, 0.05) is 19.4 Å². The maximum Gasteiger partial charge on any atom is 0.141 e. The first-order chi connectivity index (χ1) is 7.13. The molecular formula is C11H12ClFO2. The zero-order valence-electron chi connectivity index (χ0n) is 8.17. The summed E-state index contributed by atoms with van der Waals surface area (Å²) in [6.07, 6.45) is 1.04. The number of ketones is 1. The first-order valence-corrected chi connectivity index (χ1v) is 5.07. The molecule has 0 heterocycles. The lowest BCUT2D eigenvalue weighted by Gasteiger charge is -2.01. The van der Waals surface area contributed by atoms with Crippen LogP contribution in [0.4, 0.5) is 4.39 Å². The topological polar surface area (TPSA) is 37.3 Å². The quantitative estimate of drug-likeness (QED) is 0.843. The Morgan fingerprint density at radius 2 is 2.20 bits per heavy atom. The Morgan fingerprint density at radius 1 is 1.47 bits per heavy atom. The summed E-state index contributed by atoms with van der Waals surface area (Å²) in [5.74, 6) is -0.463. The van der Waals surface area contributed by atoms with Gasteiger partial charge in [-0.15, -0.1) is 0 Å². The summed E-state index contributed by atoms with van der Waals surface area (Å²) in [5.41, 5.74) is 0.698. The number of carbonyl (C=O) groups excluding carboxylic acids is 1. The maximum atomic E-state index is 12.8. The highest BCUT2D eigenvalue weighted by Crippen LogP contribution is 2.16. The lowest BCUT2D eigenvalue weighted by Crippen LogP contribution is -2.03. The molecule has 0 aromatic heterocycles. The minimum absolute atomic E-state index is 0.00984. The van der Waals surface area contributed by atoms with Crippen LogP contribution in [0.5, 0.6) is 0 Å². The number of hydrogen-bond donors (Lipinski definition) is 1. The van der Waals surface area contributed by atoms with Gasteiger partial charge in [-0.2, -0.15) is 0 Å². The van der Waals surface area contributed by atoms with Gasteiger partial charge in [-0.05, 0) is 24.1 Å². The first kappa shape index (κ1) is 12.1. The Balaban J connectivity index is 2.57. The molecule has 0 aliphatic carbocycles. The highest BCUT2D eigenvalue weighted by Gasteiger charge is 2.06. The van der Waals surface area contributed by atoms with Gasteiger partial charge in [0.15, 0.2) is 0 Å². The number of benzene rings is 1. The Bertz CT molecular complexity index is 352. The molecule has 4 heteroatoms.